The number of fused-ring (bicyclic) bond motifs is 11. The zero-order chi connectivity index (χ0) is 35.6. The molecule has 0 saturated carbocycles. The van der Waals surface area contributed by atoms with E-state index in [1.165, 1.54) is 65.2 Å². The maximum absolute atomic E-state index is 6.39. The zero-order valence-corrected chi connectivity index (χ0v) is 29.4. The van der Waals surface area contributed by atoms with E-state index in [1.54, 1.807) is 0 Å². The number of furan rings is 1. The second-order valence-electron chi connectivity index (χ2n) is 14.0. The second kappa shape index (κ2) is 12.2. The van der Waals surface area contributed by atoms with E-state index in [-0.39, 0.29) is 0 Å². The molecule has 0 radical (unpaired) electrons. The van der Waals surface area contributed by atoms with Gasteiger partial charge < -0.3 is 9.32 Å². The lowest BCUT2D eigenvalue weighted by molar-refractivity contribution is 0.669. The minimum absolute atomic E-state index is 0.915. The molecule has 0 aliphatic heterocycles. The van der Waals surface area contributed by atoms with Crippen LogP contribution in [0.5, 0.6) is 0 Å². The van der Waals surface area contributed by atoms with Crippen LogP contribution >= 0.6 is 0 Å². The molecule has 10 aromatic carbocycles. The lowest BCUT2D eigenvalue weighted by Crippen LogP contribution is -2.11. The van der Waals surface area contributed by atoms with Crippen LogP contribution in [-0.2, 0) is 0 Å². The van der Waals surface area contributed by atoms with Gasteiger partial charge >= 0.3 is 0 Å². The Morgan fingerprint density at radius 2 is 0.907 bits per heavy atom. The first kappa shape index (κ1) is 30.5. The molecule has 1 heterocycles. The molecule has 0 amide bonds. The van der Waals surface area contributed by atoms with Gasteiger partial charge in [-0.2, -0.15) is 0 Å². The van der Waals surface area contributed by atoms with Crippen LogP contribution in [0, 0.1) is 0 Å². The largest absolute Gasteiger partial charge is 0.456 e. The molecule has 11 rings (SSSR count). The van der Waals surface area contributed by atoms with Gasteiger partial charge in [-0.05, 0) is 109 Å². The number of nitrogens with zero attached hydrogens (tertiary/aromatic N) is 1. The van der Waals surface area contributed by atoms with E-state index in [2.05, 4.69) is 199 Å². The second-order valence-corrected chi connectivity index (χ2v) is 14.0. The number of benzene rings is 10. The van der Waals surface area contributed by atoms with Crippen molar-refractivity contribution in [2.24, 2.45) is 0 Å². The molecule has 0 aliphatic carbocycles. The van der Waals surface area contributed by atoms with Gasteiger partial charge in [0.1, 0.15) is 11.2 Å². The Bertz CT molecular complexity index is 3210. The number of para-hydroxylation sites is 3. The summed E-state index contributed by atoms with van der Waals surface area (Å²) < 4.78 is 6.39. The lowest BCUT2D eigenvalue weighted by atomic mass is 9.90. The molecule has 0 bridgehead atoms. The van der Waals surface area contributed by atoms with Crippen molar-refractivity contribution >= 4 is 82.1 Å². The van der Waals surface area contributed by atoms with Crippen LogP contribution in [0.15, 0.2) is 205 Å². The molecule has 0 aliphatic rings. The third kappa shape index (κ3) is 4.74. The Kier molecular flexibility index (Phi) is 6.90. The molecule has 0 atom stereocenters. The van der Waals surface area contributed by atoms with E-state index < -0.39 is 0 Å². The quantitative estimate of drug-likeness (QED) is 0.168. The fraction of sp³-hybridized carbons (Fsp3) is 0. The summed E-state index contributed by atoms with van der Waals surface area (Å²) in [6.07, 6.45) is 0. The van der Waals surface area contributed by atoms with Crippen LogP contribution in [-0.4, -0.2) is 0 Å². The predicted octanol–water partition coefficient (Wildman–Crippen LogP) is 15.0. The highest BCUT2D eigenvalue weighted by Gasteiger charge is 2.20. The minimum atomic E-state index is 0.915. The lowest BCUT2D eigenvalue weighted by Gasteiger charge is -2.28. The van der Waals surface area contributed by atoms with Crippen LogP contribution in [0.4, 0.5) is 17.1 Å². The van der Waals surface area contributed by atoms with Crippen molar-refractivity contribution in [1.29, 1.82) is 0 Å². The van der Waals surface area contributed by atoms with E-state index in [4.69, 9.17) is 4.42 Å². The number of hydrogen-bond donors (Lipinski definition) is 0. The zero-order valence-electron chi connectivity index (χ0n) is 29.4. The summed E-state index contributed by atoms with van der Waals surface area (Å²) in [6, 6.07) is 72.2. The van der Waals surface area contributed by atoms with Gasteiger partial charge in [0.2, 0.25) is 0 Å². The standard InChI is InChI=1S/C52H33NO/c1-2-15-37(16-3-1)53(38-28-25-35(26-29-38)40-22-12-14-34-13-4-5-17-39(34)40)48-23-10-8-18-41(48)36-27-30-43-42-19-6-7-20-44(42)51-45(47(43)33-36)31-32-50-52(51)46-21-9-11-24-49(46)54-50/h1-33H. The van der Waals surface area contributed by atoms with Gasteiger partial charge in [0.25, 0.3) is 0 Å². The molecule has 0 saturated heterocycles. The molecule has 252 valence electrons. The molecular weight excluding hydrogens is 655 g/mol. The van der Waals surface area contributed by atoms with E-state index in [1.807, 2.05) is 6.07 Å². The maximum Gasteiger partial charge on any atom is 0.136 e. The summed E-state index contributed by atoms with van der Waals surface area (Å²) in [5, 5.41) is 12.3. The van der Waals surface area contributed by atoms with Crippen molar-refractivity contribution in [2.45, 2.75) is 0 Å². The highest BCUT2D eigenvalue weighted by Crippen LogP contribution is 2.46. The summed E-state index contributed by atoms with van der Waals surface area (Å²) in [6.45, 7) is 0. The molecule has 2 heteroatoms. The Morgan fingerprint density at radius 1 is 0.315 bits per heavy atom. The molecule has 54 heavy (non-hydrogen) atoms. The van der Waals surface area contributed by atoms with Gasteiger partial charge in [-0.1, -0.05) is 146 Å². The van der Waals surface area contributed by atoms with E-state index in [9.17, 15) is 0 Å². The fourth-order valence-corrected chi connectivity index (χ4v) is 8.61. The number of anilines is 3. The average molecular weight is 688 g/mol. The molecule has 11 aromatic rings. The SMILES string of the molecule is c1ccc(N(c2ccc(-c3cccc4ccccc34)cc2)c2ccccc2-c2ccc3c4ccccc4c4c(ccc5oc6ccccc6c54)c3c2)cc1. The topological polar surface area (TPSA) is 16.4 Å². The van der Waals surface area contributed by atoms with E-state index >= 15 is 0 Å². The Labute approximate surface area is 312 Å². The summed E-state index contributed by atoms with van der Waals surface area (Å²) in [5.74, 6) is 0. The van der Waals surface area contributed by atoms with Crippen LogP contribution in [0.1, 0.15) is 0 Å². The van der Waals surface area contributed by atoms with Crippen molar-refractivity contribution in [3.05, 3.63) is 200 Å². The molecule has 0 N–H and O–H groups in total. The van der Waals surface area contributed by atoms with Gasteiger partial charge in [-0.25, -0.2) is 0 Å². The smallest absolute Gasteiger partial charge is 0.136 e. The van der Waals surface area contributed by atoms with Gasteiger partial charge in [0.15, 0.2) is 0 Å². The number of rotatable bonds is 5. The van der Waals surface area contributed by atoms with Crippen LogP contribution in [0.3, 0.4) is 0 Å². The predicted molar refractivity (Wildman–Crippen MR) is 229 cm³/mol. The van der Waals surface area contributed by atoms with Gasteiger partial charge in [0, 0.05) is 33.1 Å². The molecule has 0 fully saturated rings. The summed E-state index contributed by atoms with van der Waals surface area (Å²) >= 11 is 0. The van der Waals surface area contributed by atoms with E-state index in [0.29, 0.717) is 0 Å². The Morgan fingerprint density at radius 3 is 1.78 bits per heavy atom. The van der Waals surface area contributed by atoms with Gasteiger partial charge in [0.05, 0.1) is 5.69 Å². The van der Waals surface area contributed by atoms with Crippen molar-refractivity contribution in [2.75, 3.05) is 4.90 Å². The number of hydrogen-bond acceptors (Lipinski definition) is 2. The third-order valence-corrected chi connectivity index (χ3v) is 11.0. The van der Waals surface area contributed by atoms with Crippen LogP contribution in [0.25, 0.3) is 87.3 Å². The van der Waals surface area contributed by atoms with Crippen molar-refractivity contribution in [3.63, 3.8) is 0 Å². The summed E-state index contributed by atoms with van der Waals surface area (Å²) in [5.41, 5.74) is 9.93. The maximum atomic E-state index is 6.39. The molecule has 0 unspecified atom stereocenters. The minimum Gasteiger partial charge on any atom is -0.456 e. The van der Waals surface area contributed by atoms with Crippen LogP contribution < -0.4 is 4.90 Å². The first-order valence-corrected chi connectivity index (χ1v) is 18.5. The van der Waals surface area contributed by atoms with Crippen molar-refractivity contribution in [1.82, 2.24) is 0 Å². The van der Waals surface area contributed by atoms with Crippen LogP contribution in [0.2, 0.25) is 0 Å². The Balaban J connectivity index is 1.11. The summed E-state index contributed by atoms with van der Waals surface area (Å²) in [4.78, 5) is 2.38. The first-order chi connectivity index (χ1) is 26.8. The van der Waals surface area contributed by atoms with Crippen molar-refractivity contribution < 1.29 is 4.42 Å². The summed E-state index contributed by atoms with van der Waals surface area (Å²) in [7, 11) is 0. The highest BCUT2D eigenvalue weighted by atomic mass is 16.3. The first-order valence-electron chi connectivity index (χ1n) is 18.5. The molecule has 2 nitrogen and oxygen atoms in total. The fourth-order valence-electron chi connectivity index (χ4n) is 8.61. The third-order valence-electron chi connectivity index (χ3n) is 11.0. The monoisotopic (exact) mass is 687 g/mol. The van der Waals surface area contributed by atoms with E-state index in [0.717, 1.165) is 39.2 Å². The van der Waals surface area contributed by atoms with Gasteiger partial charge in [-0.15, -0.1) is 0 Å². The highest BCUT2D eigenvalue weighted by molar-refractivity contribution is 6.34. The normalized spacial score (nSPS) is 11.7. The average Bonchev–Trinajstić information content (AvgIpc) is 3.63. The molecule has 0 spiro atoms. The molecular formula is C52H33NO. The molecule has 1 aromatic heterocycles. The van der Waals surface area contributed by atoms with Crippen molar-refractivity contribution in [3.8, 4) is 22.3 Å². The Hall–Kier alpha value is -7.16. The van der Waals surface area contributed by atoms with Gasteiger partial charge in [-0.3, -0.25) is 0 Å².